The number of nitrogen functional groups attached to an aromatic ring is 1. The van der Waals surface area contributed by atoms with E-state index in [4.69, 9.17) is 11.0 Å². The van der Waals surface area contributed by atoms with Crippen LogP contribution in [0.1, 0.15) is 16.7 Å². The van der Waals surface area contributed by atoms with Gasteiger partial charge in [0.1, 0.15) is 0 Å². The molecule has 2 aromatic rings. The van der Waals surface area contributed by atoms with Crippen LogP contribution in [-0.4, -0.2) is 0 Å². The van der Waals surface area contributed by atoms with Crippen molar-refractivity contribution >= 4 is 17.1 Å². The lowest BCUT2D eigenvalue weighted by atomic mass is 10.1. The Morgan fingerprint density at radius 3 is 2.56 bits per heavy atom. The maximum atomic E-state index is 8.93. The highest BCUT2D eigenvalue weighted by Gasteiger charge is 2.05. The second kappa shape index (κ2) is 4.80. The number of para-hydroxylation sites is 1. The molecule has 2 aromatic carbocycles. The van der Waals surface area contributed by atoms with Crippen LogP contribution in [0.5, 0.6) is 0 Å². The van der Waals surface area contributed by atoms with Crippen LogP contribution in [0.4, 0.5) is 17.1 Å². The normalized spacial score (nSPS) is 9.83. The molecule has 0 heterocycles. The molecule has 18 heavy (non-hydrogen) atoms. The molecule has 0 unspecified atom stereocenters. The van der Waals surface area contributed by atoms with Gasteiger partial charge in [0.2, 0.25) is 0 Å². The molecule has 2 rings (SSSR count). The molecule has 3 N–H and O–H groups in total. The zero-order valence-electron chi connectivity index (χ0n) is 10.5. The van der Waals surface area contributed by atoms with E-state index in [1.165, 1.54) is 0 Å². The molecule has 0 saturated heterocycles. The van der Waals surface area contributed by atoms with E-state index in [-0.39, 0.29) is 0 Å². The molecule has 0 aliphatic rings. The Kier molecular flexibility index (Phi) is 3.20. The van der Waals surface area contributed by atoms with E-state index in [1.54, 1.807) is 0 Å². The van der Waals surface area contributed by atoms with Crippen molar-refractivity contribution in [3.05, 3.63) is 53.1 Å². The topological polar surface area (TPSA) is 61.8 Å². The average Bonchev–Trinajstić information content (AvgIpc) is 2.36. The summed E-state index contributed by atoms with van der Waals surface area (Å²) >= 11 is 0. The van der Waals surface area contributed by atoms with Crippen LogP contribution in [0.25, 0.3) is 0 Å². The van der Waals surface area contributed by atoms with Crippen LogP contribution in [0.3, 0.4) is 0 Å². The van der Waals surface area contributed by atoms with Gasteiger partial charge in [0.15, 0.2) is 0 Å². The number of benzene rings is 2. The monoisotopic (exact) mass is 237 g/mol. The fourth-order valence-electron chi connectivity index (χ4n) is 1.82. The average molecular weight is 237 g/mol. The third-order valence-corrected chi connectivity index (χ3v) is 2.93. The molecule has 0 bridgehead atoms. The van der Waals surface area contributed by atoms with E-state index in [0.717, 1.165) is 22.5 Å². The van der Waals surface area contributed by atoms with Crippen LogP contribution in [0.2, 0.25) is 0 Å². The van der Waals surface area contributed by atoms with Gasteiger partial charge in [0.05, 0.1) is 23.0 Å². The summed E-state index contributed by atoms with van der Waals surface area (Å²) in [6.45, 7) is 4.00. The highest BCUT2D eigenvalue weighted by molar-refractivity contribution is 5.77. The maximum absolute atomic E-state index is 8.93. The standard InChI is InChI=1S/C15H15N3/c1-10-6-7-12(9-16)8-14(10)18-15-11(2)4-3-5-13(15)17/h3-8,18H,17H2,1-2H3. The molecule has 0 aliphatic carbocycles. The number of aryl methyl sites for hydroxylation is 2. The number of nitriles is 1. The van der Waals surface area contributed by atoms with Crippen LogP contribution >= 0.6 is 0 Å². The SMILES string of the molecule is Cc1ccc(C#N)cc1Nc1c(C)cccc1N. The lowest BCUT2D eigenvalue weighted by Gasteiger charge is -2.14. The van der Waals surface area contributed by atoms with Gasteiger partial charge in [-0.2, -0.15) is 5.26 Å². The first-order valence-corrected chi connectivity index (χ1v) is 5.74. The van der Waals surface area contributed by atoms with Crippen molar-refractivity contribution in [1.29, 1.82) is 5.26 Å². The largest absolute Gasteiger partial charge is 0.397 e. The molecule has 3 heteroatoms. The first kappa shape index (κ1) is 12.0. The lowest BCUT2D eigenvalue weighted by molar-refractivity contribution is 1.38. The number of nitrogens with two attached hydrogens (primary N) is 1. The molecule has 0 saturated carbocycles. The third-order valence-electron chi connectivity index (χ3n) is 2.93. The first-order chi connectivity index (χ1) is 8.61. The van der Waals surface area contributed by atoms with Crippen molar-refractivity contribution in [3.63, 3.8) is 0 Å². The minimum absolute atomic E-state index is 0.634. The van der Waals surface area contributed by atoms with E-state index in [2.05, 4.69) is 11.4 Å². The molecule has 3 nitrogen and oxygen atoms in total. The molecule has 0 spiro atoms. The summed E-state index contributed by atoms with van der Waals surface area (Å²) in [5, 5.41) is 12.2. The third kappa shape index (κ3) is 2.28. The molecule has 0 fully saturated rings. The van der Waals surface area contributed by atoms with Crippen LogP contribution in [-0.2, 0) is 0 Å². The maximum Gasteiger partial charge on any atom is 0.0992 e. The highest BCUT2D eigenvalue weighted by Crippen LogP contribution is 2.28. The molecule has 0 amide bonds. The lowest BCUT2D eigenvalue weighted by Crippen LogP contribution is -2.00. The summed E-state index contributed by atoms with van der Waals surface area (Å²) in [6, 6.07) is 13.5. The van der Waals surface area contributed by atoms with E-state index >= 15 is 0 Å². The summed E-state index contributed by atoms with van der Waals surface area (Å²) in [7, 11) is 0. The van der Waals surface area contributed by atoms with Gasteiger partial charge in [-0.15, -0.1) is 0 Å². The van der Waals surface area contributed by atoms with Crippen molar-refractivity contribution in [2.75, 3.05) is 11.1 Å². The van der Waals surface area contributed by atoms with Gasteiger partial charge >= 0.3 is 0 Å². The minimum atomic E-state index is 0.634. The minimum Gasteiger partial charge on any atom is -0.397 e. The molecule has 90 valence electrons. The van der Waals surface area contributed by atoms with Crippen molar-refractivity contribution < 1.29 is 0 Å². The Morgan fingerprint density at radius 1 is 1.11 bits per heavy atom. The van der Waals surface area contributed by atoms with Gasteiger partial charge in [-0.05, 0) is 43.2 Å². The zero-order valence-corrected chi connectivity index (χ0v) is 10.5. The second-order valence-corrected chi connectivity index (χ2v) is 4.31. The van der Waals surface area contributed by atoms with Gasteiger partial charge in [0, 0.05) is 5.69 Å². The molecular formula is C15H15N3. The fourth-order valence-corrected chi connectivity index (χ4v) is 1.82. The Hall–Kier alpha value is -2.47. The van der Waals surface area contributed by atoms with E-state index in [1.807, 2.05) is 50.2 Å². The van der Waals surface area contributed by atoms with Gasteiger partial charge < -0.3 is 11.1 Å². The van der Waals surface area contributed by atoms with E-state index in [9.17, 15) is 0 Å². The number of hydrogen-bond acceptors (Lipinski definition) is 3. The molecule has 0 aliphatic heterocycles. The Bertz CT molecular complexity index is 604. The number of nitrogens with one attached hydrogen (secondary N) is 1. The molecule has 0 atom stereocenters. The Labute approximate surface area is 107 Å². The van der Waals surface area contributed by atoms with Crippen molar-refractivity contribution in [1.82, 2.24) is 0 Å². The molecule has 0 aromatic heterocycles. The summed E-state index contributed by atoms with van der Waals surface area (Å²) in [6.07, 6.45) is 0. The predicted molar refractivity (Wildman–Crippen MR) is 74.8 cm³/mol. The van der Waals surface area contributed by atoms with Crippen molar-refractivity contribution in [3.8, 4) is 6.07 Å². The summed E-state index contributed by atoms with van der Waals surface area (Å²) < 4.78 is 0. The fraction of sp³-hybridized carbons (Fsp3) is 0.133. The smallest absolute Gasteiger partial charge is 0.0992 e. The van der Waals surface area contributed by atoms with Gasteiger partial charge in [-0.3, -0.25) is 0 Å². The summed E-state index contributed by atoms with van der Waals surface area (Å²) in [5.41, 5.74) is 11.3. The quantitative estimate of drug-likeness (QED) is 0.786. The summed E-state index contributed by atoms with van der Waals surface area (Å²) in [4.78, 5) is 0. The Morgan fingerprint density at radius 2 is 1.89 bits per heavy atom. The van der Waals surface area contributed by atoms with Gasteiger partial charge in [-0.1, -0.05) is 18.2 Å². The van der Waals surface area contributed by atoms with E-state index in [0.29, 0.717) is 11.3 Å². The highest BCUT2D eigenvalue weighted by atomic mass is 14.9. The van der Waals surface area contributed by atoms with Gasteiger partial charge in [-0.25, -0.2) is 0 Å². The Balaban J connectivity index is 2.43. The van der Waals surface area contributed by atoms with Crippen LogP contribution in [0, 0.1) is 25.2 Å². The van der Waals surface area contributed by atoms with Gasteiger partial charge in [0.25, 0.3) is 0 Å². The van der Waals surface area contributed by atoms with Crippen LogP contribution in [0.15, 0.2) is 36.4 Å². The number of hydrogen-bond donors (Lipinski definition) is 2. The summed E-state index contributed by atoms with van der Waals surface area (Å²) in [5.74, 6) is 0. The van der Waals surface area contributed by atoms with Crippen LogP contribution < -0.4 is 11.1 Å². The second-order valence-electron chi connectivity index (χ2n) is 4.31. The van der Waals surface area contributed by atoms with Crippen molar-refractivity contribution in [2.45, 2.75) is 13.8 Å². The molecule has 0 radical (unpaired) electrons. The first-order valence-electron chi connectivity index (χ1n) is 5.74. The predicted octanol–water partition coefficient (Wildman–Crippen LogP) is 3.50. The zero-order chi connectivity index (χ0) is 13.1. The molecular weight excluding hydrogens is 222 g/mol. The van der Waals surface area contributed by atoms with E-state index < -0.39 is 0 Å². The van der Waals surface area contributed by atoms with Crippen molar-refractivity contribution in [2.24, 2.45) is 0 Å². The number of rotatable bonds is 2. The number of nitrogens with zero attached hydrogens (tertiary/aromatic N) is 1. The number of anilines is 3.